The molecule has 2 aromatic carbocycles. The van der Waals surface area contributed by atoms with Gasteiger partial charge in [0, 0.05) is 32.1 Å². The molecule has 30 heavy (non-hydrogen) atoms. The summed E-state index contributed by atoms with van der Waals surface area (Å²) in [7, 11) is 0. The Bertz CT molecular complexity index is 961. The Morgan fingerprint density at radius 3 is 2.30 bits per heavy atom. The molecule has 1 aliphatic heterocycles. The highest BCUT2D eigenvalue weighted by atomic mass is 16.5. The van der Waals surface area contributed by atoms with Gasteiger partial charge in [-0.25, -0.2) is 0 Å². The molecule has 0 aliphatic carbocycles. The van der Waals surface area contributed by atoms with Gasteiger partial charge in [0.05, 0.1) is 12.1 Å². The molecule has 3 aromatic rings. The van der Waals surface area contributed by atoms with Gasteiger partial charge in [0.1, 0.15) is 5.69 Å². The molecular weight excluding hydrogens is 374 g/mol. The zero-order valence-corrected chi connectivity index (χ0v) is 17.8. The van der Waals surface area contributed by atoms with Crippen molar-refractivity contribution < 1.29 is 9.32 Å². The van der Waals surface area contributed by atoms with Gasteiger partial charge in [0.15, 0.2) is 0 Å². The molecule has 1 aliphatic rings. The zero-order valence-electron chi connectivity index (χ0n) is 17.8. The van der Waals surface area contributed by atoms with Crippen molar-refractivity contribution in [1.29, 1.82) is 0 Å². The lowest BCUT2D eigenvalue weighted by Crippen LogP contribution is -2.34. The molecule has 0 atom stereocenters. The van der Waals surface area contributed by atoms with E-state index in [0.717, 1.165) is 60.1 Å². The van der Waals surface area contributed by atoms with Gasteiger partial charge in [-0.15, -0.1) is 0 Å². The number of aromatic nitrogens is 1. The number of amides is 1. The van der Waals surface area contributed by atoms with Gasteiger partial charge in [0.2, 0.25) is 11.8 Å². The van der Waals surface area contributed by atoms with E-state index in [1.807, 2.05) is 53.4 Å². The van der Waals surface area contributed by atoms with E-state index in [9.17, 15) is 4.79 Å². The second-order valence-corrected chi connectivity index (χ2v) is 8.21. The second kappa shape index (κ2) is 9.16. The van der Waals surface area contributed by atoms with Crippen molar-refractivity contribution in [3.8, 4) is 11.3 Å². The van der Waals surface area contributed by atoms with Crippen LogP contribution in [-0.2, 0) is 17.9 Å². The van der Waals surface area contributed by atoms with E-state index in [-0.39, 0.29) is 5.91 Å². The van der Waals surface area contributed by atoms with Crippen LogP contribution in [-0.4, -0.2) is 29.1 Å². The fraction of sp³-hybridized carbons (Fsp3) is 0.360. The number of benzene rings is 2. The largest absolute Gasteiger partial charge is 0.340 e. The number of carbonyl (C=O) groups is 1. The number of carbonyl (C=O) groups excluding carboxylic acids is 1. The molecule has 1 amide bonds. The van der Waals surface area contributed by atoms with Crippen molar-refractivity contribution in [3.63, 3.8) is 0 Å². The average Bonchev–Trinajstić information content (AvgIpc) is 3.18. The van der Waals surface area contributed by atoms with Gasteiger partial charge < -0.3 is 14.3 Å². The minimum absolute atomic E-state index is 0.0391. The highest BCUT2D eigenvalue weighted by molar-refractivity contribution is 5.75. The predicted octanol–water partition coefficient (Wildman–Crippen LogP) is 5.13. The van der Waals surface area contributed by atoms with Gasteiger partial charge in [-0.05, 0) is 24.3 Å². The first-order valence-electron chi connectivity index (χ1n) is 10.7. The smallest absolute Gasteiger partial charge is 0.232 e. The number of nitrogens with zero attached hydrogens (tertiary/aromatic N) is 3. The van der Waals surface area contributed by atoms with Crippen LogP contribution in [0.3, 0.4) is 0 Å². The Kier molecular flexibility index (Phi) is 6.17. The topological polar surface area (TPSA) is 49.6 Å². The van der Waals surface area contributed by atoms with Gasteiger partial charge >= 0.3 is 0 Å². The third kappa shape index (κ3) is 4.56. The molecule has 1 saturated heterocycles. The fourth-order valence-electron chi connectivity index (χ4n) is 4.00. The lowest BCUT2D eigenvalue weighted by molar-refractivity contribution is -0.130. The highest BCUT2D eigenvalue weighted by Gasteiger charge is 2.27. The molecule has 0 radical (unpaired) electrons. The number of hydrogen-bond donors (Lipinski definition) is 0. The van der Waals surface area contributed by atoms with E-state index in [2.05, 4.69) is 29.1 Å². The second-order valence-electron chi connectivity index (χ2n) is 8.21. The normalized spacial score (nSPS) is 14.7. The molecule has 2 heterocycles. The Morgan fingerprint density at radius 2 is 1.67 bits per heavy atom. The van der Waals surface area contributed by atoms with Crippen LogP contribution in [0.15, 0.2) is 65.2 Å². The number of hydrogen-bond acceptors (Lipinski definition) is 4. The first kappa shape index (κ1) is 20.2. The number of piperidine rings is 1. The summed E-state index contributed by atoms with van der Waals surface area (Å²) in [5.41, 5.74) is 3.93. The maximum atomic E-state index is 12.5. The Morgan fingerprint density at radius 1 is 1.03 bits per heavy atom. The molecule has 5 nitrogen and oxygen atoms in total. The monoisotopic (exact) mass is 403 g/mol. The summed E-state index contributed by atoms with van der Waals surface area (Å²) >= 11 is 0. The van der Waals surface area contributed by atoms with Gasteiger partial charge in [-0.2, -0.15) is 0 Å². The third-order valence-electron chi connectivity index (χ3n) is 5.90. The molecule has 0 bridgehead atoms. The summed E-state index contributed by atoms with van der Waals surface area (Å²) in [5.74, 6) is 1.57. The van der Waals surface area contributed by atoms with Crippen molar-refractivity contribution in [2.24, 2.45) is 5.92 Å². The molecule has 0 unspecified atom stereocenters. The molecule has 4 rings (SSSR count). The lowest BCUT2D eigenvalue weighted by Gasteiger charge is -2.31. The average molecular weight is 404 g/mol. The minimum Gasteiger partial charge on any atom is -0.340 e. The van der Waals surface area contributed by atoms with Crippen molar-refractivity contribution in [2.45, 2.75) is 39.8 Å². The van der Waals surface area contributed by atoms with Crippen molar-refractivity contribution >= 4 is 11.8 Å². The van der Waals surface area contributed by atoms with Gasteiger partial charge in [0.25, 0.3) is 0 Å². The molecule has 1 aromatic heterocycles. The number of rotatable bonds is 6. The van der Waals surface area contributed by atoms with E-state index in [4.69, 9.17) is 4.52 Å². The van der Waals surface area contributed by atoms with E-state index in [1.165, 1.54) is 0 Å². The molecule has 0 saturated carbocycles. The van der Waals surface area contributed by atoms with Crippen LogP contribution in [0.1, 0.15) is 37.8 Å². The summed E-state index contributed by atoms with van der Waals surface area (Å²) in [5, 5.41) is 4.45. The van der Waals surface area contributed by atoms with Crippen LogP contribution < -0.4 is 4.90 Å². The van der Waals surface area contributed by atoms with E-state index < -0.39 is 0 Å². The number of anilines is 1. The molecule has 5 heteroatoms. The molecular formula is C25H29N3O2. The van der Waals surface area contributed by atoms with E-state index in [1.54, 1.807) is 6.92 Å². The van der Waals surface area contributed by atoms with Gasteiger partial charge in [-0.1, -0.05) is 72.7 Å². The SMILES string of the molecule is CC(=O)N(Cc1ccccc1)Cc1c(-c2ccccc2)noc1N1CCC(C)CC1. The Balaban J connectivity index is 1.68. The van der Waals surface area contributed by atoms with Crippen molar-refractivity contribution in [2.75, 3.05) is 18.0 Å². The van der Waals surface area contributed by atoms with Crippen LogP contribution in [0.2, 0.25) is 0 Å². The predicted molar refractivity (Wildman–Crippen MR) is 119 cm³/mol. The van der Waals surface area contributed by atoms with Crippen molar-refractivity contribution in [3.05, 3.63) is 71.8 Å². The van der Waals surface area contributed by atoms with Crippen LogP contribution in [0.5, 0.6) is 0 Å². The molecule has 1 fully saturated rings. The van der Waals surface area contributed by atoms with Gasteiger partial charge in [-0.3, -0.25) is 4.79 Å². The van der Waals surface area contributed by atoms with E-state index in [0.29, 0.717) is 13.1 Å². The maximum absolute atomic E-state index is 12.5. The first-order chi connectivity index (χ1) is 14.6. The first-order valence-corrected chi connectivity index (χ1v) is 10.7. The third-order valence-corrected chi connectivity index (χ3v) is 5.90. The standard InChI is InChI=1S/C25H29N3O2/c1-19-13-15-27(16-14-19)25-23(24(26-30-25)22-11-7-4-8-12-22)18-28(20(2)29)17-21-9-5-3-6-10-21/h3-12,19H,13-18H2,1-2H3. The highest BCUT2D eigenvalue weighted by Crippen LogP contribution is 2.34. The molecule has 0 N–H and O–H groups in total. The van der Waals surface area contributed by atoms with Crippen LogP contribution in [0.25, 0.3) is 11.3 Å². The summed E-state index contributed by atoms with van der Waals surface area (Å²) < 4.78 is 5.89. The molecule has 0 spiro atoms. The van der Waals surface area contributed by atoms with E-state index >= 15 is 0 Å². The summed E-state index contributed by atoms with van der Waals surface area (Å²) in [6, 6.07) is 20.2. The zero-order chi connectivity index (χ0) is 20.9. The minimum atomic E-state index is 0.0391. The maximum Gasteiger partial charge on any atom is 0.232 e. The quantitative estimate of drug-likeness (QED) is 0.573. The van der Waals surface area contributed by atoms with Crippen LogP contribution in [0.4, 0.5) is 5.88 Å². The Labute approximate surface area is 178 Å². The van der Waals surface area contributed by atoms with Crippen LogP contribution >= 0.6 is 0 Å². The van der Waals surface area contributed by atoms with Crippen molar-refractivity contribution in [1.82, 2.24) is 10.1 Å². The molecule has 156 valence electrons. The summed E-state index contributed by atoms with van der Waals surface area (Å²) in [6.45, 7) is 6.87. The Hall–Kier alpha value is -3.08. The lowest BCUT2D eigenvalue weighted by atomic mass is 9.98. The summed E-state index contributed by atoms with van der Waals surface area (Å²) in [6.07, 6.45) is 2.28. The summed E-state index contributed by atoms with van der Waals surface area (Å²) in [4.78, 5) is 16.7. The van der Waals surface area contributed by atoms with Crippen LogP contribution in [0, 0.1) is 5.92 Å². The fourth-order valence-corrected chi connectivity index (χ4v) is 4.00.